The molecule has 180 valence electrons. The van der Waals surface area contributed by atoms with Crippen molar-refractivity contribution in [3.8, 4) is 0 Å². The molecule has 0 radical (unpaired) electrons. The Balaban J connectivity index is 1.19. The maximum Gasteiger partial charge on any atom is 0.419 e. The predicted molar refractivity (Wildman–Crippen MR) is 117 cm³/mol. The zero-order chi connectivity index (χ0) is 24.1. The van der Waals surface area contributed by atoms with Crippen LogP contribution in [-0.4, -0.2) is 70.1 Å². The summed E-state index contributed by atoms with van der Waals surface area (Å²) in [4.78, 5) is 42.2. The summed E-state index contributed by atoms with van der Waals surface area (Å²) in [7, 11) is 0. The van der Waals surface area contributed by atoms with Gasteiger partial charge in [0, 0.05) is 38.6 Å². The zero-order valence-corrected chi connectivity index (χ0v) is 18.2. The van der Waals surface area contributed by atoms with E-state index in [1.807, 2.05) is 6.07 Å². The van der Waals surface area contributed by atoms with Gasteiger partial charge in [0.1, 0.15) is 0 Å². The number of hydrogen-bond acceptors (Lipinski definition) is 7. The molecular weight excluding hydrogens is 453 g/mol. The van der Waals surface area contributed by atoms with E-state index in [1.165, 1.54) is 6.33 Å². The van der Waals surface area contributed by atoms with Crippen LogP contribution in [0.5, 0.6) is 0 Å². The first-order chi connectivity index (χ1) is 16.3. The van der Waals surface area contributed by atoms with Crippen LogP contribution in [0.3, 0.4) is 0 Å². The molecule has 1 amide bonds. The number of aromatic amines is 1. The van der Waals surface area contributed by atoms with Crippen molar-refractivity contribution in [3.05, 3.63) is 58.4 Å². The largest absolute Gasteiger partial charge is 0.419 e. The number of amides is 1. The van der Waals surface area contributed by atoms with E-state index in [4.69, 9.17) is 4.74 Å². The van der Waals surface area contributed by atoms with Gasteiger partial charge in [-0.05, 0) is 18.1 Å². The van der Waals surface area contributed by atoms with Gasteiger partial charge >= 0.3 is 6.18 Å². The molecule has 0 aliphatic carbocycles. The number of para-hydroxylation sites is 1. The Hall–Kier alpha value is -3.54. The van der Waals surface area contributed by atoms with Crippen LogP contribution < -0.4 is 10.5 Å². The minimum atomic E-state index is -4.48. The van der Waals surface area contributed by atoms with Crippen LogP contribution >= 0.6 is 0 Å². The summed E-state index contributed by atoms with van der Waals surface area (Å²) in [6, 6.07) is 5.41. The number of H-pyrrole nitrogens is 1. The molecule has 1 N–H and O–H groups in total. The molecule has 0 atom stereocenters. The van der Waals surface area contributed by atoms with E-state index in [-0.39, 0.29) is 30.4 Å². The van der Waals surface area contributed by atoms with Crippen LogP contribution in [0.15, 0.2) is 41.7 Å². The van der Waals surface area contributed by atoms with Crippen LogP contribution in [0, 0.1) is 0 Å². The van der Waals surface area contributed by atoms with Crippen molar-refractivity contribution in [2.45, 2.75) is 19.0 Å². The van der Waals surface area contributed by atoms with E-state index >= 15 is 0 Å². The molecule has 0 bridgehead atoms. The van der Waals surface area contributed by atoms with Gasteiger partial charge in [-0.25, -0.2) is 15.0 Å². The van der Waals surface area contributed by atoms with Crippen LogP contribution in [0.25, 0.3) is 10.9 Å². The summed E-state index contributed by atoms with van der Waals surface area (Å²) >= 11 is 0. The average molecular weight is 476 g/mol. The van der Waals surface area contributed by atoms with Crippen molar-refractivity contribution in [2.75, 3.05) is 44.3 Å². The normalized spacial score (nSPS) is 14.6. The number of ether oxygens (including phenoxy) is 1. The number of nitrogens with zero attached hydrogens (tertiary/aromatic N) is 5. The van der Waals surface area contributed by atoms with E-state index in [0.717, 1.165) is 18.0 Å². The molecule has 12 heteroatoms. The Morgan fingerprint density at radius 1 is 1.06 bits per heavy atom. The molecule has 9 nitrogen and oxygen atoms in total. The first-order valence-electron chi connectivity index (χ1n) is 10.8. The Bertz CT molecular complexity index is 1190. The first kappa shape index (κ1) is 23.6. The second-order valence-electron chi connectivity index (χ2n) is 7.79. The van der Waals surface area contributed by atoms with Crippen molar-refractivity contribution in [2.24, 2.45) is 0 Å². The molecule has 1 fully saturated rings. The standard InChI is InChI=1S/C22H23F3N6O3/c23-22(24,25)16-12-26-21(27-13-16)31-8-6-30(7-9-31)18(32)5-11-34-10-4-15-2-1-3-17-19(15)28-14-29-20(17)33/h1-3,12-14H,4-11H2,(H,28,29,33). The molecule has 1 saturated heterocycles. The lowest BCUT2D eigenvalue weighted by atomic mass is 10.1. The molecule has 2 aromatic heterocycles. The third kappa shape index (κ3) is 5.50. The highest BCUT2D eigenvalue weighted by atomic mass is 19.4. The molecule has 0 saturated carbocycles. The Morgan fingerprint density at radius 3 is 2.50 bits per heavy atom. The second-order valence-corrected chi connectivity index (χ2v) is 7.79. The number of hydrogen-bond donors (Lipinski definition) is 1. The maximum atomic E-state index is 12.7. The highest BCUT2D eigenvalue weighted by Crippen LogP contribution is 2.28. The average Bonchev–Trinajstić information content (AvgIpc) is 2.84. The number of benzene rings is 1. The smallest absolute Gasteiger partial charge is 0.381 e. The van der Waals surface area contributed by atoms with Gasteiger partial charge in [0.15, 0.2) is 0 Å². The highest BCUT2D eigenvalue weighted by Gasteiger charge is 2.32. The van der Waals surface area contributed by atoms with E-state index in [1.54, 1.807) is 21.9 Å². The van der Waals surface area contributed by atoms with E-state index in [9.17, 15) is 22.8 Å². The molecule has 0 spiro atoms. The second kappa shape index (κ2) is 10.2. The van der Waals surface area contributed by atoms with Gasteiger partial charge in [-0.15, -0.1) is 0 Å². The van der Waals surface area contributed by atoms with Crippen molar-refractivity contribution < 1.29 is 22.7 Å². The first-order valence-corrected chi connectivity index (χ1v) is 10.8. The number of aromatic nitrogens is 4. The fraction of sp³-hybridized carbons (Fsp3) is 0.409. The summed E-state index contributed by atoms with van der Waals surface area (Å²) in [5, 5.41) is 0.524. The zero-order valence-electron chi connectivity index (χ0n) is 18.2. The molecule has 3 heterocycles. The van der Waals surface area contributed by atoms with Gasteiger partial charge < -0.3 is 19.5 Å². The minimum absolute atomic E-state index is 0.0497. The third-order valence-corrected chi connectivity index (χ3v) is 5.61. The lowest BCUT2D eigenvalue weighted by molar-refractivity contribution is -0.138. The molecule has 3 aromatic rings. The topological polar surface area (TPSA) is 104 Å². The molecule has 1 aromatic carbocycles. The Kier molecular flexibility index (Phi) is 7.06. The number of carbonyl (C=O) groups is 1. The SMILES string of the molecule is O=C(CCOCCc1cccc2c(=O)[nH]cnc12)N1CCN(c2ncc(C(F)(F)F)cn2)CC1. The summed E-state index contributed by atoms with van der Waals surface area (Å²) in [5.74, 6) is 0.166. The summed E-state index contributed by atoms with van der Waals surface area (Å²) in [6.45, 7) is 2.38. The number of carbonyl (C=O) groups excluding carboxylic acids is 1. The number of rotatable bonds is 7. The van der Waals surface area contributed by atoms with Crippen molar-refractivity contribution in [3.63, 3.8) is 0 Å². The van der Waals surface area contributed by atoms with Crippen molar-refractivity contribution in [1.82, 2.24) is 24.8 Å². The van der Waals surface area contributed by atoms with Crippen LogP contribution in [0.4, 0.5) is 19.1 Å². The van der Waals surface area contributed by atoms with Crippen LogP contribution in [-0.2, 0) is 22.1 Å². The number of halogens is 3. The fourth-order valence-electron chi connectivity index (χ4n) is 3.75. The quantitative estimate of drug-likeness (QED) is 0.521. The van der Waals surface area contributed by atoms with Crippen LogP contribution in [0.2, 0.25) is 0 Å². The maximum absolute atomic E-state index is 12.7. The molecule has 0 unspecified atom stereocenters. The Labute approximate surface area is 192 Å². The lowest BCUT2D eigenvalue weighted by Gasteiger charge is -2.34. The predicted octanol–water partition coefficient (Wildman–Crippen LogP) is 2.03. The van der Waals surface area contributed by atoms with E-state index in [0.29, 0.717) is 50.1 Å². The van der Waals surface area contributed by atoms with Gasteiger partial charge in [-0.2, -0.15) is 13.2 Å². The fourth-order valence-corrected chi connectivity index (χ4v) is 3.75. The number of nitrogens with one attached hydrogen (secondary N) is 1. The monoisotopic (exact) mass is 476 g/mol. The van der Waals surface area contributed by atoms with Crippen molar-refractivity contribution >= 4 is 22.8 Å². The summed E-state index contributed by atoms with van der Waals surface area (Å²) in [6.07, 6.45) is -0.779. The van der Waals surface area contributed by atoms with Gasteiger partial charge in [0.2, 0.25) is 11.9 Å². The lowest BCUT2D eigenvalue weighted by Crippen LogP contribution is -2.49. The number of piperazine rings is 1. The molecule has 1 aliphatic rings. The van der Waals surface area contributed by atoms with Gasteiger partial charge in [-0.3, -0.25) is 9.59 Å². The summed E-state index contributed by atoms with van der Waals surface area (Å²) < 4.78 is 43.6. The minimum Gasteiger partial charge on any atom is -0.381 e. The third-order valence-electron chi connectivity index (χ3n) is 5.61. The molecule has 4 rings (SSSR count). The number of anilines is 1. The van der Waals surface area contributed by atoms with E-state index < -0.39 is 11.7 Å². The van der Waals surface area contributed by atoms with Gasteiger partial charge in [-0.1, -0.05) is 12.1 Å². The summed E-state index contributed by atoms with van der Waals surface area (Å²) in [5.41, 5.74) is 0.455. The van der Waals surface area contributed by atoms with Gasteiger partial charge in [0.05, 0.1) is 42.4 Å². The van der Waals surface area contributed by atoms with Gasteiger partial charge in [0.25, 0.3) is 5.56 Å². The van der Waals surface area contributed by atoms with Crippen LogP contribution in [0.1, 0.15) is 17.5 Å². The van der Waals surface area contributed by atoms with Crippen molar-refractivity contribution in [1.29, 1.82) is 0 Å². The molecule has 1 aliphatic heterocycles. The number of alkyl halides is 3. The number of fused-ring (bicyclic) bond motifs is 1. The molecular formula is C22H23F3N6O3. The Morgan fingerprint density at radius 2 is 1.79 bits per heavy atom. The van der Waals surface area contributed by atoms with E-state index in [2.05, 4.69) is 19.9 Å². The molecule has 34 heavy (non-hydrogen) atoms. The highest BCUT2D eigenvalue weighted by molar-refractivity contribution is 5.80.